The van der Waals surface area contributed by atoms with Gasteiger partial charge in [0.25, 0.3) is 0 Å². The lowest BCUT2D eigenvalue weighted by molar-refractivity contribution is -0.161. The van der Waals surface area contributed by atoms with Crippen molar-refractivity contribution < 1.29 is 80.2 Å². The lowest BCUT2D eigenvalue weighted by Crippen LogP contribution is -2.30. The van der Waals surface area contributed by atoms with Gasteiger partial charge in [0.15, 0.2) is 12.2 Å². The van der Waals surface area contributed by atoms with Crippen LogP contribution in [0.15, 0.2) is 0 Å². The van der Waals surface area contributed by atoms with E-state index in [2.05, 4.69) is 48.5 Å². The molecule has 0 radical (unpaired) electrons. The van der Waals surface area contributed by atoms with Crippen molar-refractivity contribution in [3.05, 3.63) is 0 Å². The Hall–Kier alpha value is -1.94. The number of aliphatic hydroxyl groups is 1. The smallest absolute Gasteiger partial charge is 0.462 e. The summed E-state index contributed by atoms with van der Waals surface area (Å²) in [7, 11) is -9.90. The van der Waals surface area contributed by atoms with Crippen LogP contribution in [0.25, 0.3) is 0 Å². The molecule has 0 heterocycles. The largest absolute Gasteiger partial charge is 0.472 e. The summed E-state index contributed by atoms with van der Waals surface area (Å²) in [4.78, 5) is 72.5. The van der Waals surface area contributed by atoms with Crippen LogP contribution in [0, 0.1) is 17.8 Å². The number of hydrogen-bond acceptors (Lipinski definition) is 15. The molecule has 19 heteroatoms. The normalized spacial score (nSPS) is 14.1. The molecule has 0 fully saturated rings. The van der Waals surface area contributed by atoms with Crippen LogP contribution in [-0.4, -0.2) is 96.7 Å². The molecule has 0 saturated heterocycles. The molecular weight excluding hydrogens is 1250 g/mol. The number of rotatable bonds is 74. The van der Waals surface area contributed by atoms with Gasteiger partial charge in [-0.25, -0.2) is 9.13 Å². The van der Waals surface area contributed by atoms with Crippen molar-refractivity contribution in [3.8, 4) is 0 Å². The monoisotopic (exact) mass is 1400 g/mol. The van der Waals surface area contributed by atoms with Crippen LogP contribution < -0.4 is 0 Å². The number of carbonyl (C=O) groups excluding carboxylic acids is 4. The van der Waals surface area contributed by atoms with Gasteiger partial charge in [0, 0.05) is 25.7 Å². The van der Waals surface area contributed by atoms with E-state index in [4.69, 9.17) is 37.0 Å². The molecular formula is C76H148O17P2. The van der Waals surface area contributed by atoms with Crippen LogP contribution in [0.5, 0.6) is 0 Å². The van der Waals surface area contributed by atoms with Gasteiger partial charge in [0.05, 0.1) is 26.4 Å². The third kappa shape index (κ3) is 70.3. The predicted molar refractivity (Wildman–Crippen MR) is 386 cm³/mol. The lowest BCUT2D eigenvalue weighted by atomic mass is 10.0. The first kappa shape index (κ1) is 93.1. The molecule has 95 heavy (non-hydrogen) atoms. The van der Waals surface area contributed by atoms with Gasteiger partial charge in [-0.3, -0.25) is 37.3 Å². The molecule has 17 nitrogen and oxygen atoms in total. The van der Waals surface area contributed by atoms with Gasteiger partial charge >= 0.3 is 39.5 Å². The maximum absolute atomic E-state index is 13.1. The Balaban J connectivity index is 5.15. The van der Waals surface area contributed by atoms with Crippen LogP contribution in [0.4, 0.5) is 0 Å². The quantitative estimate of drug-likeness (QED) is 0.0222. The Kier molecular flexibility index (Phi) is 65.2. The Morgan fingerprint density at radius 2 is 0.484 bits per heavy atom. The van der Waals surface area contributed by atoms with Gasteiger partial charge in [-0.2, -0.15) is 0 Å². The van der Waals surface area contributed by atoms with E-state index in [0.717, 1.165) is 114 Å². The molecule has 0 aliphatic carbocycles. The van der Waals surface area contributed by atoms with Crippen molar-refractivity contribution in [2.75, 3.05) is 39.6 Å². The highest BCUT2D eigenvalue weighted by molar-refractivity contribution is 7.47. The second-order valence-corrected chi connectivity index (χ2v) is 31.7. The third-order valence-corrected chi connectivity index (χ3v) is 19.5. The standard InChI is InChI=1S/C76H148O17P2/c1-8-9-10-40-50-57-73(78)86-63-71(92-75(80)59-53-46-39-33-27-21-20-24-30-36-43-49-56-69(6)7)65-90-94(82,83)88-61-70(77)62-89-95(84,85)91-66-72(64-87-74(79)58-51-44-37-31-25-18-15-14-17-23-29-35-42-48-55-68(4)5)93-76(81)60-52-45-38-32-26-19-13-11-12-16-22-28-34-41-47-54-67(2)3/h67-72,77H,8-66H2,1-7H3,(H,82,83)(H,84,85)/t70-,71+,72+/m0/s1. The number of phosphoric acid groups is 2. The first-order valence-electron chi connectivity index (χ1n) is 39.3. The van der Waals surface area contributed by atoms with E-state index in [0.29, 0.717) is 25.7 Å². The van der Waals surface area contributed by atoms with Crippen LogP contribution in [0.1, 0.15) is 389 Å². The van der Waals surface area contributed by atoms with Crippen molar-refractivity contribution in [3.63, 3.8) is 0 Å². The third-order valence-electron chi connectivity index (χ3n) is 17.6. The minimum absolute atomic E-state index is 0.106. The van der Waals surface area contributed by atoms with E-state index < -0.39 is 97.5 Å². The molecule has 564 valence electrons. The first-order valence-corrected chi connectivity index (χ1v) is 42.3. The molecule has 0 bridgehead atoms. The van der Waals surface area contributed by atoms with E-state index >= 15 is 0 Å². The highest BCUT2D eigenvalue weighted by Crippen LogP contribution is 2.45. The second-order valence-electron chi connectivity index (χ2n) is 28.8. The summed E-state index contributed by atoms with van der Waals surface area (Å²) >= 11 is 0. The fourth-order valence-corrected chi connectivity index (χ4v) is 13.2. The van der Waals surface area contributed by atoms with E-state index in [1.165, 1.54) is 193 Å². The summed E-state index contributed by atoms with van der Waals surface area (Å²) < 4.78 is 68.3. The van der Waals surface area contributed by atoms with Crippen LogP contribution in [0.3, 0.4) is 0 Å². The van der Waals surface area contributed by atoms with Crippen LogP contribution in [0.2, 0.25) is 0 Å². The van der Waals surface area contributed by atoms with Gasteiger partial charge in [0.1, 0.15) is 19.3 Å². The van der Waals surface area contributed by atoms with Crippen molar-refractivity contribution in [2.24, 2.45) is 17.8 Å². The van der Waals surface area contributed by atoms with Crippen molar-refractivity contribution in [2.45, 2.75) is 407 Å². The summed E-state index contributed by atoms with van der Waals surface area (Å²) in [5, 5.41) is 10.6. The summed E-state index contributed by atoms with van der Waals surface area (Å²) in [5.41, 5.74) is 0. The highest BCUT2D eigenvalue weighted by atomic mass is 31.2. The number of hydrogen-bond donors (Lipinski definition) is 3. The lowest BCUT2D eigenvalue weighted by Gasteiger charge is -2.21. The maximum Gasteiger partial charge on any atom is 0.472 e. The molecule has 0 aromatic rings. The summed E-state index contributed by atoms with van der Waals surface area (Å²) in [6.07, 6.45) is 53.1. The first-order chi connectivity index (χ1) is 45.7. The summed E-state index contributed by atoms with van der Waals surface area (Å²) in [5.74, 6) is 0.251. The molecule has 0 aliphatic rings. The van der Waals surface area contributed by atoms with Gasteiger partial charge in [-0.05, 0) is 43.4 Å². The van der Waals surface area contributed by atoms with Crippen molar-refractivity contribution in [1.29, 1.82) is 0 Å². The fraction of sp³-hybridized carbons (Fsp3) is 0.947. The average Bonchev–Trinajstić information content (AvgIpc) is 2.50. The average molecular weight is 1400 g/mol. The zero-order valence-corrected chi connectivity index (χ0v) is 63.9. The Labute approximate surface area is 581 Å². The van der Waals surface area contributed by atoms with Gasteiger partial charge in [-0.15, -0.1) is 0 Å². The van der Waals surface area contributed by atoms with E-state index in [1.54, 1.807) is 0 Å². The van der Waals surface area contributed by atoms with Gasteiger partial charge in [-0.1, -0.05) is 337 Å². The van der Waals surface area contributed by atoms with Crippen LogP contribution in [-0.2, 0) is 65.4 Å². The number of esters is 4. The number of aliphatic hydroxyl groups excluding tert-OH is 1. The minimum Gasteiger partial charge on any atom is -0.462 e. The molecule has 0 rings (SSSR count). The zero-order chi connectivity index (χ0) is 70.1. The topological polar surface area (TPSA) is 237 Å². The molecule has 5 atom stereocenters. The Morgan fingerprint density at radius 1 is 0.284 bits per heavy atom. The molecule has 0 aromatic carbocycles. The minimum atomic E-state index is -4.96. The molecule has 2 unspecified atom stereocenters. The molecule has 0 spiro atoms. The Bertz CT molecular complexity index is 1850. The number of ether oxygens (including phenoxy) is 4. The summed E-state index contributed by atoms with van der Waals surface area (Å²) in [6, 6.07) is 0. The van der Waals surface area contributed by atoms with Gasteiger partial charge < -0.3 is 33.8 Å². The molecule has 0 saturated carbocycles. The number of phosphoric ester groups is 2. The fourth-order valence-electron chi connectivity index (χ4n) is 11.6. The maximum atomic E-state index is 13.1. The van der Waals surface area contributed by atoms with E-state index in [1.807, 2.05) is 0 Å². The molecule has 0 aromatic heterocycles. The SMILES string of the molecule is CCCCCCCC(=O)OC[C@H](COP(=O)(O)OC[C@H](O)COP(=O)(O)OC[C@@H](COC(=O)CCCCCCCCCCCCCCCCC(C)C)OC(=O)CCCCCCCCCCCCCCCCCC(C)C)OC(=O)CCCCCCCCCCCCCCC(C)C. The molecule has 0 aliphatic heterocycles. The zero-order valence-electron chi connectivity index (χ0n) is 62.1. The van der Waals surface area contributed by atoms with Crippen molar-refractivity contribution in [1.82, 2.24) is 0 Å². The second kappa shape index (κ2) is 66.6. The van der Waals surface area contributed by atoms with E-state index in [-0.39, 0.29) is 25.7 Å². The van der Waals surface area contributed by atoms with Crippen molar-refractivity contribution >= 4 is 39.5 Å². The predicted octanol–water partition coefficient (Wildman–Crippen LogP) is 22.2. The number of unbranched alkanes of at least 4 members (excludes halogenated alkanes) is 42. The Morgan fingerprint density at radius 3 is 0.716 bits per heavy atom. The summed E-state index contributed by atoms with van der Waals surface area (Å²) in [6.45, 7) is 11.9. The number of carbonyl (C=O) groups is 4. The van der Waals surface area contributed by atoms with Crippen LogP contribution >= 0.6 is 15.6 Å². The molecule has 3 N–H and O–H groups in total. The molecule has 0 amide bonds. The van der Waals surface area contributed by atoms with E-state index in [9.17, 15) is 43.2 Å². The van der Waals surface area contributed by atoms with Gasteiger partial charge in [0.2, 0.25) is 0 Å². The highest BCUT2D eigenvalue weighted by Gasteiger charge is 2.30.